The Morgan fingerprint density at radius 2 is 2.21 bits per heavy atom. The molecule has 1 aliphatic rings. The molecular formula is C15H20N2O2. The number of nitrogens with zero attached hydrogens (tertiary/aromatic N) is 1. The fourth-order valence-electron chi connectivity index (χ4n) is 1.96. The smallest absolute Gasteiger partial charge is 0.265 e. The van der Waals surface area contributed by atoms with Gasteiger partial charge in [-0.2, -0.15) is 0 Å². The summed E-state index contributed by atoms with van der Waals surface area (Å²) in [6.07, 6.45) is 0. The van der Waals surface area contributed by atoms with Crippen molar-refractivity contribution in [3.8, 4) is 5.75 Å². The van der Waals surface area contributed by atoms with E-state index in [1.165, 1.54) is 0 Å². The second-order valence-corrected chi connectivity index (χ2v) is 5.02. The van der Waals surface area contributed by atoms with E-state index in [0.29, 0.717) is 19.1 Å². The van der Waals surface area contributed by atoms with Gasteiger partial charge in [0.25, 0.3) is 5.91 Å². The summed E-state index contributed by atoms with van der Waals surface area (Å²) in [4.78, 5) is 13.7. The maximum absolute atomic E-state index is 12.0. The van der Waals surface area contributed by atoms with Crippen molar-refractivity contribution in [2.75, 3.05) is 24.6 Å². The summed E-state index contributed by atoms with van der Waals surface area (Å²) >= 11 is 0. The summed E-state index contributed by atoms with van der Waals surface area (Å²) in [6, 6.07) is 7.99. The van der Waals surface area contributed by atoms with Crippen molar-refractivity contribution in [2.45, 2.75) is 19.9 Å². The highest BCUT2D eigenvalue weighted by Gasteiger charge is 2.25. The van der Waals surface area contributed by atoms with Crippen LogP contribution in [0.5, 0.6) is 5.75 Å². The first kappa shape index (κ1) is 13.6. The van der Waals surface area contributed by atoms with Gasteiger partial charge in [-0.3, -0.25) is 4.79 Å². The van der Waals surface area contributed by atoms with Gasteiger partial charge in [-0.1, -0.05) is 32.6 Å². The van der Waals surface area contributed by atoms with Crippen LogP contribution in [0.25, 0.3) is 0 Å². The third-order valence-electron chi connectivity index (χ3n) is 2.95. The van der Waals surface area contributed by atoms with E-state index in [0.717, 1.165) is 17.0 Å². The van der Waals surface area contributed by atoms with E-state index in [4.69, 9.17) is 4.74 Å². The number of nitrogens with one attached hydrogen (secondary N) is 1. The summed E-state index contributed by atoms with van der Waals surface area (Å²) in [5.41, 5.74) is 1.81. The second-order valence-electron chi connectivity index (χ2n) is 5.02. The maximum atomic E-state index is 12.0. The first-order valence-corrected chi connectivity index (χ1v) is 6.50. The molecule has 19 heavy (non-hydrogen) atoms. The molecular weight excluding hydrogens is 240 g/mol. The molecule has 0 spiro atoms. The first-order valence-electron chi connectivity index (χ1n) is 6.50. The van der Waals surface area contributed by atoms with Crippen LogP contribution in [0.4, 0.5) is 5.69 Å². The van der Waals surface area contributed by atoms with Crippen LogP contribution in [0.15, 0.2) is 36.4 Å². The van der Waals surface area contributed by atoms with E-state index in [-0.39, 0.29) is 12.5 Å². The highest BCUT2D eigenvalue weighted by atomic mass is 16.5. The number of hydrogen-bond donors (Lipinski definition) is 1. The molecule has 0 atom stereocenters. The van der Waals surface area contributed by atoms with Gasteiger partial charge < -0.3 is 15.0 Å². The van der Waals surface area contributed by atoms with Crippen molar-refractivity contribution in [1.29, 1.82) is 0 Å². The monoisotopic (exact) mass is 260 g/mol. The highest BCUT2D eigenvalue weighted by molar-refractivity contribution is 5.98. The fraction of sp³-hybridized carbons (Fsp3) is 0.400. The molecule has 0 bridgehead atoms. The molecule has 2 rings (SSSR count). The predicted molar refractivity (Wildman–Crippen MR) is 76.6 cm³/mol. The van der Waals surface area contributed by atoms with Crippen molar-refractivity contribution in [2.24, 2.45) is 0 Å². The molecule has 1 aromatic rings. The van der Waals surface area contributed by atoms with E-state index >= 15 is 0 Å². The molecule has 0 fully saturated rings. The Hall–Kier alpha value is -1.81. The van der Waals surface area contributed by atoms with Crippen LogP contribution in [0.1, 0.15) is 13.8 Å². The molecule has 1 amide bonds. The molecule has 0 saturated carbocycles. The van der Waals surface area contributed by atoms with E-state index in [9.17, 15) is 4.79 Å². The molecule has 0 radical (unpaired) electrons. The minimum atomic E-state index is -0.0237. The number of carbonyl (C=O) groups excluding carboxylic acids is 1. The van der Waals surface area contributed by atoms with Gasteiger partial charge in [0.15, 0.2) is 6.61 Å². The lowest BCUT2D eigenvalue weighted by atomic mass is 10.2. The van der Waals surface area contributed by atoms with Crippen molar-refractivity contribution in [3.05, 3.63) is 36.4 Å². The molecule has 1 aliphatic heterocycles. The topological polar surface area (TPSA) is 41.6 Å². The summed E-state index contributed by atoms with van der Waals surface area (Å²) < 4.78 is 5.41. The zero-order chi connectivity index (χ0) is 13.8. The van der Waals surface area contributed by atoms with E-state index in [2.05, 4.69) is 25.7 Å². The lowest BCUT2D eigenvalue weighted by Crippen LogP contribution is -2.41. The van der Waals surface area contributed by atoms with Gasteiger partial charge in [0, 0.05) is 19.1 Å². The fourth-order valence-corrected chi connectivity index (χ4v) is 1.96. The predicted octanol–water partition coefficient (Wildman–Crippen LogP) is 1.97. The van der Waals surface area contributed by atoms with Crippen molar-refractivity contribution >= 4 is 11.6 Å². The Balaban J connectivity index is 2.07. The molecule has 102 valence electrons. The third-order valence-corrected chi connectivity index (χ3v) is 2.95. The molecule has 1 aromatic carbocycles. The zero-order valence-electron chi connectivity index (χ0n) is 11.5. The van der Waals surface area contributed by atoms with Gasteiger partial charge in [-0.05, 0) is 17.7 Å². The van der Waals surface area contributed by atoms with E-state index < -0.39 is 0 Å². The van der Waals surface area contributed by atoms with Gasteiger partial charge >= 0.3 is 0 Å². The lowest BCUT2D eigenvalue weighted by molar-refractivity contribution is -0.121. The summed E-state index contributed by atoms with van der Waals surface area (Å²) in [5, 5.41) is 3.30. The van der Waals surface area contributed by atoms with Crippen molar-refractivity contribution in [1.82, 2.24) is 5.32 Å². The van der Waals surface area contributed by atoms with Crippen LogP contribution in [0.2, 0.25) is 0 Å². The van der Waals surface area contributed by atoms with Gasteiger partial charge in [0.05, 0.1) is 5.69 Å². The second kappa shape index (κ2) is 5.89. The van der Waals surface area contributed by atoms with Gasteiger partial charge in [0.1, 0.15) is 5.75 Å². The van der Waals surface area contributed by atoms with E-state index in [1.807, 2.05) is 24.3 Å². The SMILES string of the molecule is C=C(CNC(C)C)CN1C(=O)COc2ccccc21. The molecule has 4 nitrogen and oxygen atoms in total. The van der Waals surface area contributed by atoms with Crippen LogP contribution in [-0.4, -0.2) is 31.6 Å². The minimum Gasteiger partial charge on any atom is -0.482 e. The van der Waals surface area contributed by atoms with Crippen LogP contribution in [0, 0.1) is 0 Å². The first-order chi connectivity index (χ1) is 9.08. The quantitative estimate of drug-likeness (QED) is 0.823. The number of para-hydroxylation sites is 2. The Bertz CT molecular complexity index is 483. The van der Waals surface area contributed by atoms with Gasteiger partial charge in [-0.25, -0.2) is 0 Å². The number of amides is 1. The van der Waals surface area contributed by atoms with Crippen LogP contribution < -0.4 is 15.0 Å². The largest absolute Gasteiger partial charge is 0.482 e. The number of ether oxygens (including phenoxy) is 1. The average molecular weight is 260 g/mol. The molecule has 1 N–H and O–H groups in total. The molecule has 0 aromatic heterocycles. The number of anilines is 1. The Labute approximate surface area is 114 Å². The number of fused-ring (bicyclic) bond motifs is 1. The maximum Gasteiger partial charge on any atom is 0.265 e. The molecule has 0 saturated heterocycles. The standard InChI is InChI=1S/C15H20N2O2/c1-11(2)16-8-12(3)9-17-13-6-4-5-7-14(13)19-10-15(17)18/h4-7,11,16H,3,8-10H2,1-2H3. The van der Waals surface area contributed by atoms with Crippen molar-refractivity contribution < 1.29 is 9.53 Å². The lowest BCUT2D eigenvalue weighted by Gasteiger charge is -2.30. The summed E-state index contributed by atoms with van der Waals surface area (Å²) in [6.45, 7) is 9.54. The molecule has 4 heteroatoms. The Kier molecular flexibility index (Phi) is 4.22. The number of carbonyl (C=O) groups is 1. The summed E-state index contributed by atoms with van der Waals surface area (Å²) in [7, 11) is 0. The number of benzene rings is 1. The average Bonchev–Trinajstić information content (AvgIpc) is 2.40. The minimum absolute atomic E-state index is 0.0237. The van der Waals surface area contributed by atoms with Crippen LogP contribution >= 0.6 is 0 Å². The van der Waals surface area contributed by atoms with Crippen molar-refractivity contribution in [3.63, 3.8) is 0 Å². The number of hydrogen-bond acceptors (Lipinski definition) is 3. The molecule has 0 aliphatic carbocycles. The van der Waals surface area contributed by atoms with Gasteiger partial charge in [-0.15, -0.1) is 0 Å². The van der Waals surface area contributed by atoms with Crippen LogP contribution in [-0.2, 0) is 4.79 Å². The summed E-state index contributed by atoms with van der Waals surface area (Å²) in [5.74, 6) is 0.733. The van der Waals surface area contributed by atoms with Crippen LogP contribution in [0.3, 0.4) is 0 Å². The normalized spacial score (nSPS) is 14.3. The zero-order valence-corrected chi connectivity index (χ0v) is 11.5. The molecule has 1 heterocycles. The Morgan fingerprint density at radius 3 is 2.95 bits per heavy atom. The highest BCUT2D eigenvalue weighted by Crippen LogP contribution is 2.31. The van der Waals surface area contributed by atoms with Gasteiger partial charge in [0.2, 0.25) is 0 Å². The third kappa shape index (κ3) is 3.35. The number of rotatable bonds is 5. The van der Waals surface area contributed by atoms with E-state index in [1.54, 1.807) is 4.90 Å². The Morgan fingerprint density at radius 1 is 1.47 bits per heavy atom. The molecule has 0 unspecified atom stereocenters.